The number of ether oxygens (including phenoxy) is 1. The second kappa shape index (κ2) is 3.95. The van der Waals surface area contributed by atoms with E-state index >= 15 is 0 Å². The van der Waals surface area contributed by atoms with Crippen LogP contribution < -0.4 is 4.74 Å². The van der Waals surface area contributed by atoms with E-state index in [-0.39, 0.29) is 5.02 Å². The van der Waals surface area contributed by atoms with Crippen LogP contribution in [0.25, 0.3) is 0 Å². The third kappa shape index (κ3) is 1.54. The Labute approximate surface area is 98.6 Å². The molecule has 84 valence electrons. The van der Waals surface area contributed by atoms with E-state index in [1.807, 2.05) is 0 Å². The summed E-state index contributed by atoms with van der Waals surface area (Å²) in [5, 5.41) is 9.44. The Balaban J connectivity index is 2.59. The Kier molecular flexibility index (Phi) is 2.77. The molecule has 1 saturated carbocycles. The molecule has 0 aromatic heterocycles. The van der Waals surface area contributed by atoms with Gasteiger partial charge >= 0.3 is 0 Å². The Bertz CT molecular complexity index is 463. The molecular formula is C12H11ClFNO. The topological polar surface area (TPSA) is 33.0 Å². The van der Waals surface area contributed by atoms with Gasteiger partial charge in [-0.3, -0.25) is 0 Å². The molecule has 1 fully saturated rings. The number of hydrogen-bond donors (Lipinski definition) is 0. The second-order valence-corrected chi connectivity index (χ2v) is 4.42. The predicted molar refractivity (Wildman–Crippen MR) is 59.1 cm³/mol. The second-order valence-electron chi connectivity index (χ2n) is 4.02. The number of halogens is 2. The molecule has 1 aliphatic rings. The van der Waals surface area contributed by atoms with E-state index in [1.54, 1.807) is 0 Å². The van der Waals surface area contributed by atoms with Crippen LogP contribution in [0.3, 0.4) is 0 Å². The van der Waals surface area contributed by atoms with E-state index in [0.29, 0.717) is 11.3 Å². The highest BCUT2D eigenvalue weighted by Gasteiger charge is 2.42. The van der Waals surface area contributed by atoms with Crippen LogP contribution in [0.15, 0.2) is 12.1 Å². The highest BCUT2D eigenvalue weighted by molar-refractivity contribution is 6.32. The van der Waals surface area contributed by atoms with Crippen LogP contribution in [-0.4, -0.2) is 7.11 Å². The van der Waals surface area contributed by atoms with Gasteiger partial charge in [0.25, 0.3) is 0 Å². The average molecular weight is 240 g/mol. The Hall–Kier alpha value is -1.27. The molecule has 0 bridgehead atoms. The van der Waals surface area contributed by atoms with Crippen molar-refractivity contribution in [3.63, 3.8) is 0 Å². The molecule has 0 unspecified atom stereocenters. The summed E-state index contributed by atoms with van der Waals surface area (Å²) in [6.45, 7) is 0. The summed E-state index contributed by atoms with van der Waals surface area (Å²) in [5.41, 5.74) is -0.0365. The zero-order valence-corrected chi connectivity index (χ0v) is 9.64. The van der Waals surface area contributed by atoms with Crippen molar-refractivity contribution in [1.82, 2.24) is 0 Å². The third-order valence-corrected chi connectivity index (χ3v) is 3.43. The van der Waals surface area contributed by atoms with Crippen molar-refractivity contribution >= 4 is 11.6 Å². The average Bonchev–Trinajstić information content (AvgIpc) is 2.16. The van der Waals surface area contributed by atoms with Crippen molar-refractivity contribution < 1.29 is 9.13 Å². The maximum atomic E-state index is 13.3. The summed E-state index contributed by atoms with van der Waals surface area (Å²) in [5.74, 6) is -0.00774. The van der Waals surface area contributed by atoms with Gasteiger partial charge < -0.3 is 4.74 Å². The molecule has 2 rings (SSSR count). The fourth-order valence-electron chi connectivity index (χ4n) is 2.09. The Morgan fingerprint density at radius 2 is 2.19 bits per heavy atom. The smallest absolute Gasteiger partial charge is 0.142 e. The van der Waals surface area contributed by atoms with Gasteiger partial charge in [-0.25, -0.2) is 4.39 Å². The minimum absolute atomic E-state index is 0.221. The molecule has 1 aliphatic carbocycles. The molecule has 0 heterocycles. The van der Waals surface area contributed by atoms with Gasteiger partial charge in [-0.15, -0.1) is 0 Å². The number of nitriles is 1. The Morgan fingerprint density at radius 1 is 1.50 bits per heavy atom. The lowest BCUT2D eigenvalue weighted by Gasteiger charge is -2.36. The van der Waals surface area contributed by atoms with Gasteiger partial charge in [0.15, 0.2) is 0 Å². The molecule has 16 heavy (non-hydrogen) atoms. The van der Waals surface area contributed by atoms with Gasteiger partial charge in [0.05, 0.1) is 23.6 Å². The SMILES string of the molecule is COc1c(Cl)cc(F)cc1C1(C#N)CCC1. The maximum Gasteiger partial charge on any atom is 0.142 e. The molecular weight excluding hydrogens is 229 g/mol. The molecule has 0 amide bonds. The molecule has 0 saturated heterocycles. The molecule has 0 N–H and O–H groups in total. The molecule has 0 spiro atoms. The number of hydrogen-bond acceptors (Lipinski definition) is 2. The number of nitrogens with zero attached hydrogens (tertiary/aromatic N) is 1. The van der Waals surface area contributed by atoms with Crippen LogP contribution in [0, 0.1) is 17.1 Å². The Morgan fingerprint density at radius 3 is 2.62 bits per heavy atom. The van der Waals surface area contributed by atoms with E-state index in [1.165, 1.54) is 19.2 Å². The summed E-state index contributed by atoms with van der Waals surface area (Å²) < 4.78 is 18.5. The van der Waals surface area contributed by atoms with Crippen LogP contribution in [0.4, 0.5) is 4.39 Å². The molecule has 4 heteroatoms. The summed E-state index contributed by atoms with van der Waals surface area (Å²) in [4.78, 5) is 0. The minimum atomic E-state index is -0.614. The highest BCUT2D eigenvalue weighted by atomic mass is 35.5. The van der Waals surface area contributed by atoms with Gasteiger partial charge in [0, 0.05) is 5.56 Å². The van der Waals surface area contributed by atoms with E-state index in [2.05, 4.69) is 6.07 Å². The third-order valence-electron chi connectivity index (χ3n) is 3.15. The summed E-state index contributed by atoms with van der Waals surface area (Å²) >= 11 is 5.90. The quantitative estimate of drug-likeness (QED) is 0.792. The zero-order valence-electron chi connectivity index (χ0n) is 8.89. The van der Waals surface area contributed by atoms with Gasteiger partial charge in [-0.05, 0) is 31.4 Å². The van der Waals surface area contributed by atoms with Crippen LogP contribution in [0.1, 0.15) is 24.8 Å². The molecule has 0 aliphatic heterocycles. The first-order valence-electron chi connectivity index (χ1n) is 5.08. The molecule has 2 nitrogen and oxygen atoms in total. The summed E-state index contributed by atoms with van der Waals surface area (Å²) in [7, 11) is 1.48. The molecule has 1 aromatic rings. The first kappa shape index (κ1) is 11.2. The lowest BCUT2D eigenvalue weighted by Crippen LogP contribution is -2.33. The van der Waals surface area contributed by atoms with Crippen molar-refractivity contribution in [2.75, 3.05) is 7.11 Å². The van der Waals surface area contributed by atoms with E-state index in [9.17, 15) is 9.65 Å². The van der Waals surface area contributed by atoms with Crippen molar-refractivity contribution in [3.8, 4) is 11.8 Å². The highest BCUT2D eigenvalue weighted by Crippen LogP contribution is 2.48. The maximum absolute atomic E-state index is 13.3. The van der Waals surface area contributed by atoms with Crippen LogP contribution in [0.5, 0.6) is 5.75 Å². The number of rotatable bonds is 2. The van der Waals surface area contributed by atoms with Crippen molar-refractivity contribution in [2.24, 2.45) is 0 Å². The van der Waals surface area contributed by atoms with Crippen LogP contribution in [0.2, 0.25) is 5.02 Å². The van der Waals surface area contributed by atoms with Crippen molar-refractivity contribution in [3.05, 3.63) is 28.5 Å². The molecule has 1 aromatic carbocycles. The lowest BCUT2D eigenvalue weighted by molar-refractivity contribution is 0.305. The van der Waals surface area contributed by atoms with Crippen molar-refractivity contribution in [1.29, 1.82) is 5.26 Å². The zero-order chi connectivity index (χ0) is 11.8. The van der Waals surface area contributed by atoms with Gasteiger partial charge in [0.1, 0.15) is 11.6 Å². The molecule has 0 atom stereocenters. The number of benzene rings is 1. The van der Waals surface area contributed by atoms with Gasteiger partial charge in [-0.1, -0.05) is 11.6 Å². The first-order valence-corrected chi connectivity index (χ1v) is 5.45. The predicted octanol–water partition coefficient (Wildman–Crippen LogP) is 3.43. The molecule has 0 radical (unpaired) electrons. The minimum Gasteiger partial charge on any atom is -0.495 e. The number of methoxy groups -OCH3 is 1. The summed E-state index contributed by atoms with van der Waals surface area (Å²) in [6, 6.07) is 4.81. The van der Waals surface area contributed by atoms with E-state index < -0.39 is 11.2 Å². The normalized spacial score (nSPS) is 17.4. The largest absolute Gasteiger partial charge is 0.495 e. The van der Waals surface area contributed by atoms with Gasteiger partial charge in [0.2, 0.25) is 0 Å². The standard InChI is InChI=1S/C12H11ClFNO/c1-16-11-9(5-8(14)6-10(11)13)12(7-15)3-2-4-12/h5-6H,2-4H2,1H3. The lowest BCUT2D eigenvalue weighted by atomic mass is 9.65. The van der Waals surface area contributed by atoms with E-state index in [4.69, 9.17) is 16.3 Å². The first-order chi connectivity index (χ1) is 7.63. The van der Waals surface area contributed by atoms with Crippen LogP contribution >= 0.6 is 11.6 Å². The van der Waals surface area contributed by atoms with E-state index in [0.717, 1.165) is 19.3 Å². The fraction of sp³-hybridized carbons (Fsp3) is 0.417. The van der Waals surface area contributed by atoms with Crippen molar-refractivity contribution in [2.45, 2.75) is 24.7 Å². The van der Waals surface area contributed by atoms with Crippen LogP contribution in [-0.2, 0) is 5.41 Å². The monoisotopic (exact) mass is 239 g/mol. The summed E-state index contributed by atoms with van der Waals surface area (Å²) in [6.07, 6.45) is 2.45. The van der Waals surface area contributed by atoms with Gasteiger partial charge in [-0.2, -0.15) is 5.26 Å². The fourth-order valence-corrected chi connectivity index (χ4v) is 2.38.